The van der Waals surface area contributed by atoms with E-state index < -0.39 is 17.7 Å². The van der Waals surface area contributed by atoms with Crippen LogP contribution in [-0.2, 0) is 16.1 Å². The summed E-state index contributed by atoms with van der Waals surface area (Å²) in [5.74, 6) is -1.49. The molecule has 0 saturated carbocycles. The molecule has 0 aromatic heterocycles. The average molecular weight is 348 g/mol. The number of anilines is 2. The molecule has 1 heterocycles. The Hall–Kier alpha value is -2.67. The summed E-state index contributed by atoms with van der Waals surface area (Å²) in [5, 5.41) is 2.33. The van der Waals surface area contributed by atoms with Gasteiger partial charge in [-0.2, -0.15) is 0 Å². The van der Waals surface area contributed by atoms with Gasteiger partial charge in [0.2, 0.25) is 0 Å². The smallest absolute Gasteiger partial charge is 0.411 e. The van der Waals surface area contributed by atoms with Gasteiger partial charge >= 0.3 is 6.09 Å². The van der Waals surface area contributed by atoms with E-state index in [9.17, 15) is 13.6 Å². The van der Waals surface area contributed by atoms with Crippen LogP contribution in [0, 0.1) is 11.6 Å². The van der Waals surface area contributed by atoms with E-state index in [2.05, 4.69) is 5.32 Å². The second kappa shape index (κ2) is 7.48. The first kappa shape index (κ1) is 17.2. The molecular weight excluding hydrogens is 330 g/mol. The van der Waals surface area contributed by atoms with Crippen molar-refractivity contribution in [2.75, 3.05) is 30.4 Å². The van der Waals surface area contributed by atoms with E-state index in [1.165, 1.54) is 0 Å². The zero-order valence-corrected chi connectivity index (χ0v) is 13.7. The lowest BCUT2D eigenvalue weighted by Gasteiger charge is -2.40. The van der Waals surface area contributed by atoms with E-state index in [4.69, 9.17) is 9.47 Å². The number of ether oxygens (including phenoxy) is 2. The minimum atomic E-state index is -0.779. The molecule has 2 aromatic carbocycles. The van der Waals surface area contributed by atoms with Crippen LogP contribution in [0.4, 0.5) is 25.0 Å². The van der Waals surface area contributed by atoms with E-state index in [1.54, 1.807) is 12.0 Å². The van der Waals surface area contributed by atoms with Crippen molar-refractivity contribution in [2.24, 2.45) is 0 Å². The van der Waals surface area contributed by atoms with Crippen molar-refractivity contribution in [1.82, 2.24) is 0 Å². The maximum Gasteiger partial charge on any atom is 0.411 e. The number of carbonyl (C=O) groups is 1. The number of amides is 1. The minimum Gasteiger partial charge on any atom is -0.444 e. The summed E-state index contributed by atoms with van der Waals surface area (Å²) >= 11 is 0. The summed E-state index contributed by atoms with van der Waals surface area (Å²) in [4.78, 5) is 13.3. The molecule has 1 saturated heterocycles. The third-order valence-electron chi connectivity index (χ3n) is 3.97. The van der Waals surface area contributed by atoms with Crippen molar-refractivity contribution < 1.29 is 23.0 Å². The number of hydrogen-bond acceptors (Lipinski definition) is 4. The van der Waals surface area contributed by atoms with Gasteiger partial charge in [-0.15, -0.1) is 0 Å². The van der Waals surface area contributed by atoms with Crippen molar-refractivity contribution in [3.05, 3.63) is 59.7 Å². The Kier molecular flexibility index (Phi) is 5.14. The predicted molar refractivity (Wildman–Crippen MR) is 89.6 cm³/mol. The van der Waals surface area contributed by atoms with Gasteiger partial charge in [0.05, 0.1) is 6.10 Å². The number of methoxy groups -OCH3 is 1. The lowest BCUT2D eigenvalue weighted by molar-refractivity contribution is 0.0780. The molecule has 0 spiro atoms. The number of rotatable bonds is 5. The van der Waals surface area contributed by atoms with Gasteiger partial charge in [0.25, 0.3) is 0 Å². The number of nitrogens with zero attached hydrogens (tertiary/aromatic N) is 1. The van der Waals surface area contributed by atoms with Crippen LogP contribution in [0.15, 0.2) is 42.5 Å². The monoisotopic (exact) mass is 348 g/mol. The lowest BCUT2D eigenvalue weighted by atomic mass is 10.1. The second-order valence-corrected chi connectivity index (χ2v) is 5.74. The molecule has 25 heavy (non-hydrogen) atoms. The minimum absolute atomic E-state index is 0.000580. The summed E-state index contributed by atoms with van der Waals surface area (Å²) in [6.45, 7) is 0.925. The molecule has 1 aliphatic rings. The zero-order valence-electron chi connectivity index (χ0n) is 13.7. The van der Waals surface area contributed by atoms with Crippen LogP contribution in [0.25, 0.3) is 0 Å². The number of hydrogen-bond donors (Lipinski definition) is 1. The first-order valence-electron chi connectivity index (χ1n) is 7.81. The molecule has 1 fully saturated rings. The van der Waals surface area contributed by atoms with Crippen molar-refractivity contribution in [1.29, 1.82) is 0 Å². The molecule has 132 valence electrons. The number of carbonyl (C=O) groups excluding carboxylic acids is 1. The molecule has 1 aliphatic heterocycles. The summed E-state index contributed by atoms with van der Waals surface area (Å²) in [6.07, 6.45) is -0.802. The Bertz CT molecular complexity index is 726. The Balaban J connectivity index is 1.60. The van der Waals surface area contributed by atoms with Crippen LogP contribution in [-0.4, -0.2) is 32.4 Å². The maximum atomic E-state index is 14.2. The van der Waals surface area contributed by atoms with Crippen molar-refractivity contribution in [2.45, 2.75) is 12.7 Å². The van der Waals surface area contributed by atoms with Gasteiger partial charge in [-0.3, -0.25) is 5.32 Å². The molecular formula is C18H18F2N2O3. The quantitative estimate of drug-likeness (QED) is 0.898. The molecule has 0 radical (unpaired) electrons. The van der Waals surface area contributed by atoms with E-state index in [0.29, 0.717) is 13.1 Å². The maximum absolute atomic E-state index is 14.2. The molecule has 2 aromatic rings. The van der Waals surface area contributed by atoms with Gasteiger partial charge in [-0.05, 0) is 17.7 Å². The highest BCUT2D eigenvalue weighted by atomic mass is 19.1. The summed E-state index contributed by atoms with van der Waals surface area (Å²) in [5.41, 5.74) is 0.702. The molecule has 7 heteroatoms. The lowest BCUT2D eigenvalue weighted by Crippen LogP contribution is -2.52. The highest BCUT2D eigenvalue weighted by Crippen LogP contribution is 2.31. The van der Waals surface area contributed by atoms with Crippen LogP contribution in [0.5, 0.6) is 0 Å². The van der Waals surface area contributed by atoms with E-state index >= 15 is 0 Å². The van der Waals surface area contributed by atoms with Gasteiger partial charge in [0, 0.05) is 25.9 Å². The molecule has 0 unspecified atom stereocenters. The van der Waals surface area contributed by atoms with Gasteiger partial charge in [0.15, 0.2) is 11.6 Å². The third kappa shape index (κ3) is 4.06. The normalized spacial score (nSPS) is 14.1. The topological polar surface area (TPSA) is 50.8 Å². The van der Waals surface area contributed by atoms with Crippen molar-refractivity contribution >= 4 is 17.5 Å². The Labute approximate surface area is 144 Å². The zero-order chi connectivity index (χ0) is 17.8. The highest BCUT2D eigenvalue weighted by molar-refractivity contribution is 5.85. The van der Waals surface area contributed by atoms with E-state index in [-0.39, 0.29) is 24.1 Å². The van der Waals surface area contributed by atoms with Gasteiger partial charge in [-0.25, -0.2) is 13.6 Å². The molecule has 1 amide bonds. The van der Waals surface area contributed by atoms with E-state index in [0.717, 1.165) is 17.7 Å². The van der Waals surface area contributed by atoms with Gasteiger partial charge in [0.1, 0.15) is 12.3 Å². The number of nitrogens with one attached hydrogen (secondary N) is 1. The number of halogens is 2. The Morgan fingerprint density at radius 1 is 1.20 bits per heavy atom. The first-order chi connectivity index (χ1) is 12.1. The number of benzene rings is 2. The molecule has 1 N–H and O–H groups in total. The Morgan fingerprint density at radius 2 is 1.84 bits per heavy atom. The van der Waals surface area contributed by atoms with Crippen LogP contribution in [0.1, 0.15) is 5.56 Å². The van der Waals surface area contributed by atoms with E-state index in [1.807, 2.05) is 30.3 Å². The van der Waals surface area contributed by atoms with Crippen LogP contribution in [0.3, 0.4) is 0 Å². The standard InChI is InChI=1S/C18H18F2N2O3/c1-24-14-9-22(10-14)17-15(19)7-13(8-16(17)20)21-18(23)25-11-12-5-3-2-4-6-12/h2-8,14H,9-11H2,1H3,(H,21,23). The largest absolute Gasteiger partial charge is 0.444 e. The van der Waals surface area contributed by atoms with Crippen LogP contribution < -0.4 is 10.2 Å². The molecule has 0 bridgehead atoms. The highest BCUT2D eigenvalue weighted by Gasteiger charge is 2.31. The first-order valence-corrected chi connectivity index (χ1v) is 7.81. The third-order valence-corrected chi connectivity index (χ3v) is 3.97. The molecule has 3 rings (SSSR count). The van der Waals surface area contributed by atoms with Crippen LogP contribution in [0.2, 0.25) is 0 Å². The van der Waals surface area contributed by atoms with Crippen LogP contribution >= 0.6 is 0 Å². The predicted octanol–water partition coefficient (Wildman–Crippen LogP) is 3.55. The summed E-state index contributed by atoms with van der Waals surface area (Å²) in [6, 6.07) is 11.3. The summed E-state index contributed by atoms with van der Waals surface area (Å²) < 4.78 is 38.5. The summed E-state index contributed by atoms with van der Waals surface area (Å²) in [7, 11) is 1.56. The van der Waals surface area contributed by atoms with Crippen molar-refractivity contribution in [3.63, 3.8) is 0 Å². The fraction of sp³-hybridized carbons (Fsp3) is 0.278. The van der Waals surface area contributed by atoms with Gasteiger partial charge < -0.3 is 14.4 Å². The second-order valence-electron chi connectivity index (χ2n) is 5.74. The van der Waals surface area contributed by atoms with Gasteiger partial charge in [-0.1, -0.05) is 30.3 Å². The fourth-order valence-electron chi connectivity index (χ4n) is 2.59. The molecule has 0 aliphatic carbocycles. The molecule has 0 atom stereocenters. The molecule has 5 nitrogen and oxygen atoms in total. The SMILES string of the molecule is COC1CN(c2c(F)cc(NC(=O)OCc3ccccc3)cc2F)C1. The van der Waals surface area contributed by atoms with Crippen molar-refractivity contribution in [3.8, 4) is 0 Å². The average Bonchev–Trinajstić information content (AvgIpc) is 2.55. The fourth-order valence-corrected chi connectivity index (χ4v) is 2.59. The Morgan fingerprint density at radius 3 is 2.44 bits per heavy atom.